The lowest BCUT2D eigenvalue weighted by Gasteiger charge is -2.03. The van der Waals surface area contributed by atoms with Crippen LogP contribution in [0.2, 0.25) is 0 Å². The van der Waals surface area contributed by atoms with Gasteiger partial charge in [-0.2, -0.15) is 0 Å². The molecule has 0 unspecified atom stereocenters. The first-order valence-corrected chi connectivity index (χ1v) is 3.15. The normalized spacial score (nSPS) is 9.50. The zero-order valence-electron chi connectivity index (χ0n) is 6.37. The lowest BCUT2D eigenvalue weighted by molar-refractivity contribution is 0.388. The van der Waals surface area contributed by atoms with Crippen LogP contribution in [-0.4, -0.2) is 7.11 Å². The number of benzene rings is 1. The van der Waals surface area contributed by atoms with E-state index in [-0.39, 0.29) is 17.1 Å². The molecule has 0 aliphatic carbocycles. The number of halogens is 1. The smallest absolute Gasteiger partial charge is 0.183 e. The van der Waals surface area contributed by atoms with Crippen LogP contribution < -0.4 is 10.5 Å². The fraction of sp³-hybridized carbons (Fsp3) is 0.143. The maximum atomic E-state index is 12.9. The highest BCUT2D eigenvalue weighted by Gasteiger charge is 2.10. The van der Waals surface area contributed by atoms with Crippen LogP contribution >= 0.6 is 0 Å². The second-order valence-corrected chi connectivity index (χ2v) is 2.15. The van der Waals surface area contributed by atoms with Crippen molar-refractivity contribution in [3.05, 3.63) is 22.9 Å². The Hall–Kier alpha value is -1.65. The SMILES string of the molecule is COc1c(F)cc(N)cc1N=O. The number of anilines is 1. The number of nitrogen functional groups attached to an aromatic ring is 1. The molecule has 4 nitrogen and oxygen atoms in total. The molecule has 64 valence electrons. The van der Waals surface area contributed by atoms with Crippen LogP contribution in [0.3, 0.4) is 0 Å². The van der Waals surface area contributed by atoms with E-state index in [0.717, 1.165) is 6.07 Å². The number of methoxy groups -OCH3 is 1. The highest BCUT2D eigenvalue weighted by molar-refractivity contribution is 5.60. The molecule has 0 aliphatic rings. The van der Waals surface area contributed by atoms with Crippen LogP contribution in [-0.2, 0) is 0 Å². The second-order valence-electron chi connectivity index (χ2n) is 2.15. The van der Waals surface area contributed by atoms with E-state index >= 15 is 0 Å². The Bertz CT molecular complexity index is 315. The molecule has 0 heterocycles. The first kappa shape index (κ1) is 8.45. The first-order chi connectivity index (χ1) is 5.69. The summed E-state index contributed by atoms with van der Waals surface area (Å²) < 4.78 is 17.5. The molecule has 12 heavy (non-hydrogen) atoms. The van der Waals surface area contributed by atoms with Crippen LogP contribution in [0.15, 0.2) is 17.3 Å². The molecule has 1 rings (SSSR count). The van der Waals surface area contributed by atoms with Crippen molar-refractivity contribution in [2.75, 3.05) is 12.8 Å². The van der Waals surface area contributed by atoms with Gasteiger partial charge < -0.3 is 10.5 Å². The van der Waals surface area contributed by atoms with Crippen molar-refractivity contribution in [3.8, 4) is 5.75 Å². The summed E-state index contributed by atoms with van der Waals surface area (Å²) in [5.74, 6) is -0.869. The summed E-state index contributed by atoms with van der Waals surface area (Å²) >= 11 is 0. The van der Waals surface area contributed by atoms with Crippen molar-refractivity contribution in [1.29, 1.82) is 0 Å². The number of hydrogen-bond donors (Lipinski definition) is 1. The van der Waals surface area contributed by atoms with Crippen molar-refractivity contribution >= 4 is 11.4 Å². The first-order valence-electron chi connectivity index (χ1n) is 3.15. The zero-order valence-corrected chi connectivity index (χ0v) is 6.37. The molecule has 2 N–H and O–H groups in total. The van der Waals surface area contributed by atoms with Crippen LogP contribution in [0.5, 0.6) is 5.75 Å². The van der Waals surface area contributed by atoms with E-state index in [4.69, 9.17) is 5.73 Å². The molecule has 1 aromatic carbocycles. The molecule has 0 amide bonds. The summed E-state index contributed by atoms with van der Waals surface area (Å²) in [5.41, 5.74) is 5.28. The minimum atomic E-state index is -0.688. The van der Waals surface area contributed by atoms with Crippen molar-refractivity contribution < 1.29 is 9.13 Å². The van der Waals surface area contributed by atoms with Crippen LogP contribution in [0, 0.1) is 10.7 Å². The molecule has 5 heteroatoms. The minimum Gasteiger partial charge on any atom is -0.491 e. The minimum absolute atomic E-state index is 0.130. The van der Waals surface area contributed by atoms with Crippen molar-refractivity contribution in [2.24, 2.45) is 5.18 Å². The number of nitrogens with zero attached hydrogens (tertiary/aromatic N) is 1. The largest absolute Gasteiger partial charge is 0.491 e. The summed E-state index contributed by atoms with van der Waals surface area (Å²) in [5, 5.41) is 2.57. The Morgan fingerprint density at radius 1 is 1.58 bits per heavy atom. The third-order valence-electron chi connectivity index (χ3n) is 1.35. The van der Waals surface area contributed by atoms with Gasteiger partial charge in [0, 0.05) is 11.8 Å². The summed E-state index contributed by atoms with van der Waals surface area (Å²) in [7, 11) is 1.25. The summed E-state index contributed by atoms with van der Waals surface area (Å²) in [6.07, 6.45) is 0. The van der Waals surface area contributed by atoms with Crippen LogP contribution in [0.25, 0.3) is 0 Å². The molecular weight excluding hydrogens is 163 g/mol. The Kier molecular flexibility index (Phi) is 2.23. The van der Waals surface area contributed by atoms with Gasteiger partial charge in [0.2, 0.25) is 0 Å². The van der Waals surface area contributed by atoms with E-state index in [2.05, 4.69) is 9.91 Å². The summed E-state index contributed by atoms with van der Waals surface area (Å²) in [6.45, 7) is 0. The third kappa shape index (κ3) is 1.34. The van der Waals surface area contributed by atoms with Gasteiger partial charge in [0.25, 0.3) is 0 Å². The van der Waals surface area contributed by atoms with Gasteiger partial charge >= 0.3 is 0 Å². The molecule has 0 aliphatic heterocycles. The molecule has 0 spiro atoms. The molecule has 0 aromatic heterocycles. The number of ether oxygens (including phenoxy) is 1. The lowest BCUT2D eigenvalue weighted by Crippen LogP contribution is -1.91. The third-order valence-corrected chi connectivity index (χ3v) is 1.35. The van der Waals surface area contributed by atoms with Gasteiger partial charge in [-0.05, 0) is 11.2 Å². The fourth-order valence-corrected chi connectivity index (χ4v) is 0.869. The van der Waals surface area contributed by atoms with Gasteiger partial charge in [0.1, 0.15) is 0 Å². The monoisotopic (exact) mass is 170 g/mol. The van der Waals surface area contributed by atoms with Gasteiger partial charge in [-0.25, -0.2) is 4.39 Å². The Balaban J connectivity index is 3.33. The Morgan fingerprint density at radius 2 is 2.25 bits per heavy atom. The predicted octanol–water partition coefficient (Wildman–Crippen LogP) is 1.81. The summed E-state index contributed by atoms with van der Waals surface area (Å²) in [4.78, 5) is 10.1. The molecule has 0 bridgehead atoms. The molecule has 0 radical (unpaired) electrons. The predicted molar refractivity (Wildman–Crippen MR) is 42.8 cm³/mol. The van der Waals surface area contributed by atoms with Gasteiger partial charge in [-0.1, -0.05) is 0 Å². The van der Waals surface area contributed by atoms with E-state index < -0.39 is 5.82 Å². The highest BCUT2D eigenvalue weighted by atomic mass is 19.1. The number of nitrogens with two attached hydrogens (primary N) is 1. The molecule has 0 saturated carbocycles. The molecule has 1 aromatic rings. The summed E-state index contributed by atoms with van der Waals surface area (Å²) in [6, 6.07) is 2.31. The highest BCUT2D eigenvalue weighted by Crippen LogP contribution is 2.32. The van der Waals surface area contributed by atoms with E-state index in [0.29, 0.717) is 0 Å². The van der Waals surface area contributed by atoms with E-state index in [1.807, 2.05) is 0 Å². The quantitative estimate of drug-likeness (QED) is 0.543. The van der Waals surface area contributed by atoms with E-state index in [1.54, 1.807) is 0 Å². The topological polar surface area (TPSA) is 64.7 Å². The lowest BCUT2D eigenvalue weighted by atomic mass is 10.2. The standard InChI is InChI=1S/C7H7FN2O2/c1-12-7-5(8)2-4(9)3-6(7)10-11/h2-3H,9H2,1H3. The van der Waals surface area contributed by atoms with E-state index in [1.165, 1.54) is 13.2 Å². The average Bonchev–Trinajstić information content (AvgIpc) is 2.03. The number of nitroso groups, excluding NO2 is 1. The van der Waals surface area contributed by atoms with Crippen LogP contribution in [0.1, 0.15) is 0 Å². The zero-order chi connectivity index (χ0) is 9.14. The molecule has 0 saturated heterocycles. The maximum absolute atomic E-state index is 12.9. The van der Waals surface area contributed by atoms with Gasteiger partial charge in [-0.15, -0.1) is 4.91 Å². The Morgan fingerprint density at radius 3 is 2.75 bits per heavy atom. The van der Waals surface area contributed by atoms with Gasteiger partial charge in [-0.3, -0.25) is 0 Å². The Labute approximate surface area is 68.1 Å². The average molecular weight is 170 g/mol. The molecular formula is C7H7FN2O2. The van der Waals surface area contributed by atoms with Gasteiger partial charge in [0.05, 0.1) is 7.11 Å². The van der Waals surface area contributed by atoms with Gasteiger partial charge in [0.15, 0.2) is 17.3 Å². The van der Waals surface area contributed by atoms with Crippen molar-refractivity contribution in [1.82, 2.24) is 0 Å². The molecule has 0 atom stereocenters. The number of rotatable bonds is 2. The maximum Gasteiger partial charge on any atom is 0.183 e. The second kappa shape index (κ2) is 3.17. The van der Waals surface area contributed by atoms with Crippen LogP contribution in [0.4, 0.5) is 15.8 Å². The molecule has 0 fully saturated rings. The number of hydrogen-bond acceptors (Lipinski definition) is 4. The fourth-order valence-electron chi connectivity index (χ4n) is 0.869. The van der Waals surface area contributed by atoms with Crippen molar-refractivity contribution in [3.63, 3.8) is 0 Å². The van der Waals surface area contributed by atoms with E-state index in [9.17, 15) is 9.30 Å². The van der Waals surface area contributed by atoms with Crippen molar-refractivity contribution in [2.45, 2.75) is 0 Å².